The van der Waals surface area contributed by atoms with Gasteiger partial charge < -0.3 is 5.32 Å². The maximum Gasteiger partial charge on any atom is 0.245 e. The molecule has 30 heavy (non-hydrogen) atoms. The molecule has 1 saturated heterocycles. The van der Waals surface area contributed by atoms with Crippen LogP contribution in [0.2, 0.25) is 0 Å². The van der Waals surface area contributed by atoms with E-state index in [9.17, 15) is 12.8 Å². The number of sulfonamides is 1. The summed E-state index contributed by atoms with van der Waals surface area (Å²) in [6.07, 6.45) is 3.32. The van der Waals surface area contributed by atoms with Gasteiger partial charge in [0, 0.05) is 25.8 Å². The minimum atomic E-state index is -3.79. The van der Waals surface area contributed by atoms with Crippen LogP contribution in [0.4, 0.5) is 9.52 Å². The van der Waals surface area contributed by atoms with Gasteiger partial charge in [-0.05, 0) is 61.1 Å². The lowest BCUT2D eigenvalue weighted by atomic mass is 9.98. The average molecular weight is 445 g/mol. The molecule has 1 radical (unpaired) electrons. The highest BCUT2D eigenvalue weighted by Crippen LogP contribution is 2.30. The van der Waals surface area contributed by atoms with Crippen molar-refractivity contribution >= 4 is 26.5 Å². The SMILES string of the molecule is Cc1[c]ccc(-c2cnc(NCC3CCN(S(=O)(=O)c4ccccc4F)CC3)s2)c1. The van der Waals surface area contributed by atoms with Crippen molar-refractivity contribution in [1.82, 2.24) is 9.29 Å². The van der Waals surface area contributed by atoms with Crippen molar-refractivity contribution in [2.75, 3.05) is 25.0 Å². The van der Waals surface area contributed by atoms with Crippen LogP contribution in [0, 0.1) is 24.7 Å². The number of halogens is 1. The number of piperidine rings is 1. The minimum Gasteiger partial charge on any atom is -0.361 e. The summed E-state index contributed by atoms with van der Waals surface area (Å²) in [5.74, 6) is -0.356. The Hall–Kier alpha value is -2.29. The molecule has 5 nitrogen and oxygen atoms in total. The second kappa shape index (κ2) is 8.83. The summed E-state index contributed by atoms with van der Waals surface area (Å²) >= 11 is 1.60. The van der Waals surface area contributed by atoms with Gasteiger partial charge in [-0.15, -0.1) is 0 Å². The fourth-order valence-electron chi connectivity index (χ4n) is 3.61. The Kier molecular flexibility index (Phi) is 6.17. The zero-order valence-corrected chi connectivity index (χ0v) is 18.3. The van der Waals surface area contributed by atoms with E-state index in [0.29, 0.717) is 19.0 Å². The highest BCUT2D eigenvalue weighted by atomic mass is 32.2. The van der Waals surface area contributed by atoms with E-state index >= 15 is 0 Å². The molecule has 0 amide bonds. The summed E-state index contributed by atoms with van der Waals surface area (Å²) in [5, 5.41) is 4.24. The number of aryl methyl sites for hydroxylation is 1. The van der Waals surface area contributed by atoms with E-state index in [1.54, 1.807) is 17.4 Å². The van der Waals surface area contributed by atoms with Gasteiger partial charge >= 0.3 is 0 Å². The maximum absolute atomic E-state index is 13.9. The number of hydrogen-bond acceptors (Lipinski definition) is 5. The highest BCUT2D eigenvalue weighted by Gasteiger charge is 2.31. The number of thiazole rings is 1. The topological polar surface area (TPSA) is 62.3 Å². The molecule has 0 aliphatic carbocycles. The molecule has 8 heteroatoms. The summed E-state index contributed by atoms with van der Waals surface area (Å²) in [4.78, 5) is 5.31. The summed E-state index contributed by atoms with van der Waals surface area (Å²) in [7, 11) is -3.79. The van der Waals surface area contributed by atoms with E-state index in [2.05, 4.69) is 22.4 Å². The Morgan fingerprint density at radius 2 is 2.03 bits per heavy atom. The molecule has 1 fully saturated rings. The standard InChI is InChI=1S/C22H23FN3O2S2/c1-16-5-4-6-18(13-16)20-15-25-22(29-20)24-14-17-9-11-26(12-10-17)30(27,28)21-8-3-2-7-19(21)23/h2-4,6-8,13,15,17H,9-12,14H2,1H3,(H,24,25). The molecule has 1 aromatic heterocycles. The lowest BCUT2D eigenvalue weighted by molar-refractivity contribution is 0.281. The van der Waals surface area contributed by atoms with Crippen LogP contribution in [0.15, 0.2) is 53.6 Å². The summed E-state index contributed by atoms with van der Waals surface area (Å²) in [6.45, 7) is 3.54. The van der Waals surface area contributed by atoms with Crippen LogP contribution < -0.4 is 5.32 Å². The number of rotatable bonds is 6. The zero-order valence-electron chi connectivity index (χ0n) is 16.6. The fraction of sp³-hybridized carbons (Fsp3) is 0.318. The van der Waals surface area contributed by atoms with Gasteiger partial charge in [-0.3, -0.25) is 0 Å². The van der Waals surface area contributed by atoms with E-state index in [1.165, 1.54) is 22.5 Å². The molecule has 157 valence electrons. The fourth-order valence-corrected chi connectivity index (χ4v) is 5.96. The molecule has 0 saturated carbocycles. The lowest BCUT2D eigenvalue weighted by Crippen LogP contribution is -2.40. The van der Waals surface area contributed by atoms with Crippen molar-refractivity contribution < 1.29 is 12.8 Å². The Labute approximate surface area is 180 Å². The third-order valence-electron chi connectivity index (χ3n) is 5.31. The van der Waals surface area contributed by atoms with Gasteiger partial charge in [0.2, 0.25) is 10.0 Å². The first kappa shape index (κ1) is 21.0. The van der Waals surface area contributed by atoms with Gasteiger partial charge in [-0.2, -0.15) is 4.31 Å². The van der Waals surface area contributed by atoms with Crippen LogP contribution >= 0.6 is 11.3 Å². The molecular weight excluding hydrogens is 421 g/mol. The normalized spacial score (nSPS) is 15.9. The Morgan fingerprint density at radius 3 is 2.77 bits per heavy atom. The van der Waals surface area contributed by atoms with Crippen molar-refractivity contribution in [2.24, 2.45) is 5.92 Å². The predicted molar refractivity (Wildman–Crippen MR) is 117 cm³/mol. The van der Waals surface area contributed by atoms with Crippen molar-refractivity contribution in [3.63, 3.8) is 0 Å². The molecule has 4 rings (SSSR count). The van der Waals surface area contributed by atoms with E-state index in [0.717, 1.165) is 40.5 Å². The zero-order chi connectivity index (χ0) is 21.1. The smallest absolute Gasteiger partial charge is 0.245 e. The number of nitrogens with zero attached hydrogens (tertiary/aromatic N) is 2. The van der Waals surface area contributed by atoms with Gasteiger partial charge in [0.1, 0.15) is 10.7 Å². The molecule has 2 aromatic carbocycles. The largest absolute Gasteiger partial charge is 0.361 e. The molecule has 1 N–H and O–H groups in total. The van der Waals surface area contributed by atoms with Crippen LogP contribution in [-0.2, 0) is 10.0 Å². The quantitative estimate of drug-likeness (QED) is 0.605. The number of benzene rings is 2. The van der Waals surface area contributed by atoms with E-state index in [1.807, 2.05) is 25.3 Å². The van der Waals surface area contributed by atoms with E-state index in [4.69, 9.17) is 0 Å². The molecular formula is C22H23FN3O2S2. The van der Waals surface area contributed by atoms with E-state index < -0.39 is 15.8 Å². The van der Waals surface area contributed by atoms with Crippen molar-refractivity contribution in [2.45, 2.75) is 24.7 Å². The van der Waals surface area contributed by atoms with Crippen LogP contribution in [0.1, 0.15) is 18.4 Å². The van der Waals surface area contributed by atoms with Crippen LogP contribution in [0.25, 0.3) is 10.4 Å². The number of nitrogens with one attached hydrogen (secondary N) is 1. The van der Waals surface area contributed by atoms with E-state index in [-0.39, 0.29) is 4.90 Å². The van der Waals surface area contributed by atoms with Crippen molar-refractivity contribution in [1.29, 1.82) is 0 Å². The van der Waals surface area contributed by atoms with Gasteiger partial charge in [0.15, 0.2) is 5.13 Å². The Balaban J connectivity index is 1.32. The van der Waals surface area contributed by atoms with Crippen molar-refractivity contribution in [3.05, 3.63) is 66.1 Å². The third-order valence-corrected chi connectivity index (χ3v) is 8.24. The maximum atomic E-state index is 13.9. The molecule has 3 aromatic rings. The molecule has 0 spiro atoms. The molecule has 1 aliphatic heterocycles. The van der Waals surface area contributed by atoms with Gasteiger partial charge in [-0.1, -0.05) is 35.6 Å². The van der Waals surface area contributed by atoms with Crippen LogP contribution in [0.5, 0.6) is 0 Å². The van der Waals surface area contributed by atoms with Crippen LogP contribution in [-0.4, -0.2) is 37.3 Å². The monoisotopic (exact) mass is 444 g/mol. The van der Waals surface area contributed by atoms with Crippen molar-refractivity contribution in [3.8, 4) is 10.4 Å². The van der Waals surface area contributed by atoms with Gasteiger partial charge in [0.05, 0.1) is 4.88 Å². The number of anilines is 1. The van der Waals surface area contributed by atoms with Gasteiger partial charge in [-0.25, -0.2) is 17.8 Å². The first-order valence-corrected chi connectivity index (χ1v) is 12.1. The second-order valence-corrected chi connectivity index (χ2v) is 10.4. The third kappa shape index (κ3) is 4.55. The summed E-state index contributed by atoms with van der Waals surface area (Å²) in [5.41, 5.74) is 2.22. The van der Waals surface area contributed by atoms with Gasteiger partial charge in [0.25, 0.3) is 0 Å². The molecule has 2 heterocycles. The van der Waals surface area contributed by atoms with Crippen LogP contribution in [0.3, 0.4) is 0 Å². The summed E-state index contributed by atoms with van der Waals surface area (Å²) in [6, 6.07) is 14.7. The lowest BCUT2D eigenvalue weighted by Gasteiger charge is -2.31. The Bertz CT molecular complexity index is 1120. The molecule has 0 bridgehead atoms. The first-order chi connectivity index (χ1) is 14.4. The predicted octanol–water partition coefficient (Wildman–Crippen LogP) is 4.57. The molecule has 1 aliphatic rings. The number of hydrogen-bond donors (Lipinski definition) is 1. The Morgan fingerprint density at radius 1 is 1.27 bits per heavy atom. The minimum absolute atomic E-state index is 0.245. The average Bonchev–Trinajstić information content (AvgIpc) is 3.22. The second-order valence-electron chi connectivity index (χ2n) is 7.45. The highest BCUT2D eigenvalue weighted by molar-refractivity contribution is 7.89. The summed E-state index contributed by atoms with van der Waals surface area (Å²) < 4.78 is 40.8. The first-order valence-electron chi connectivity index (χ1n) is 9.86. The molecule has 0 atom stereocenters. The number of aromatic nitrogens is 1. The molecule has 0 unspecified atom stereocenters.